The van der Waals surface area contributed by atoms with Gasteiger partial charge in [-0.25, -0.2) is 0 Å². The first kappa shape index (κ1) is 8.45. The van der Waals surface area contributed by atoms with Crippen molar-refractivity contribution >= 4 is 11.2 Å². The van der Waals surface area contributed by atoms with Crippen LogP contribution in [0.2, 0.25) is 0 Å². The number of hydrogen-bond acceptors (Lipinski definition) is 4. The Labute approximate surface area is 67.5 Å². The van der Waals surface area contributed by atoms with Gasteiger partial charge in [-0.2, -0.15) is 9.97 Å². The maximum absolute atomic E-state index is 10.8. The molecule has 0 amide bonds. The minimum atomic E-state index is -1.17. The van der Waals surface area contributed by atoms with Crippen molar-refractivity contribution in [3.05, 3.63) is 18.0 Å². The molecule has 0 saturated heterocycles. The Kier molecular flexibility index (Phi) is 2.81. The van der Waals surface area contributed by atoms with Gasteiger partial charge in [0.15, 0.2) is 0 Å². The van der Waals surface area contributed by atoms with Crippen LogP contribution in [0.5, 0.6) is 0 Å². The van der Waals surface area contributed by atoms with Gasteiger partial charge in [-0.1, -0.05) is 0 Å². The molecule has 1 unspecified atom stereocenters. The van der Waals surface area contributed by atoms with Crippen LogP contribution >= 0.6 is 0 Å². The summed E-state index contributed by atoms with van der Waals surface area (Å²) in [6.07, 6.45) is 2.98. The predicted octanol–water partition coefficient (Wildman–Crippen LogP) is -0.294. The molecule has 0 saturated carbocycles. The van der Waals surface area contributed by atoms with E-state index in [4.69, 9.17) is 5.11 Å². The second kappa shape index (κ2) is 3.66. The Morgan fingerprint density at radius 3 is 3.00 bits per heavy atom. The lowest BCUT2D eigenvalue weighted by Crippen LogP contribution is -2.05. The van der Waals surface area contributed by atoms with Crippen LogP contribution in [0.3, 0.4) is 0 Å². The van der Waals surface area contributed by atoms with Crippen LogP contribution in [-0.2, 0) is 17.8 Å². The van der Waals surface area contributed by atoms with Crippen molar-refractivity contribution in [2.45, 2.75) is 11.8 Å². The minimum Gasteiger partial charge on any atom is -0.609 e. The topological polar surface area (TPSA) is 69.1 Å². The molecule has 1 aromatic rings. The maximum Gasteiger partial charge on any atom is 0.342 e. The maximum atomic E-state index is 10.8. The number of nitrogens with zero attached hydrogens (tertiary/aromatic N) is 2. The summed E-state index contributed by atoms with van der Waals surface area (Å²) in [6.45, 7) is -0.146. The lowest BCUT2D eigenvalue weighted by Gasteiger charge is -2.01. The average molecular weight is 172 g/mol. The summed E-state index contributed by atoms with van der Waals surface area (Å²) in [5.41, 5.74) is 0.491. The fourth-order valence-electron chi connectivity index (χ4n) is 0.603. The van der Waals surface area contributed by atoms with Gasteiger partial charge in [-0.15, -0.1) is 0 Å². The van der Waals surface area contributed by atoms with Crippen molar-refractivity contribution in [1.82, 2.24) is 9.97 Å². The quantitative estimate of drug-likeness (QED) is 0.491. The summed E-state index contributed by atoms with van der Waals surface area (Å²) in [5.74, 6) is 0. The number of hydrogen-bond donors (Lipinski definition) is 1. The summed E-state index contributed by atoms with van der Waals surface area (Å²) in [4.78, 5) is 7.59. The van der Waals surface area contributed by atoms with Gasteiger partial charge in [0.05, 0.1) is 12.3 Å². The molecule has 0 spiro atoms. The highest BCUT2D eigenvalue weighted by Crippen LogP contribution is 2.01. The summed E-state index contributed by atoms with van der Waals surface area (Å²) in [7, 11) is 0. The van der Waals surface area contributed by atoms with Gasteiger partial charge in [-0.3, -0.25) is 0 Å². The zero-order valence-corrected chi connectivity index (χ0v) is 6.84. The van der Waals surface area contributed by atoms with E-state index in [1.54, 1.807) is 6.07 Å². The summed E-state index contributed by atoms with van der Waals surface area (Å²) in [6, 6.07) is 1.58. The summed E-state index contributed by atoms with van der Waals surface area (Å²) in [5, 5.41) is 8.92. The van der Waals surface area contributed by atoms with E-state index in [-0.39, 0.29) is 11.8 Å². The fraction of sp³-hybridized carbons (Fsp3) is 0.333. The second-order valence-corrected chi connectivity index (χ2v) is 3.22. The van der Waals surface area contributed by atoms with Crippen LogP contribution in [0.15, 0.2) is 17.4 Å². The Morgan fingerprint density at radius 1 is 1.73 bits per heavy atom. The van der Waals surface area contributed by atoms with Gasteiger partial charge in [0.25, 0.3) is 0 Å². The van der Waals surface area contributed by atoms with Gasteiger partial charge in [0.1, 0.15) is 6.26 Å². The largest absolute Gasteiger partial charge is 0.609 e. The summed E-state index contributed by atoms with van der Waals surface area (Å²) < 4.78 is 10.8. The van der Waals surface area contributed by atoms with E-state index in [1.165, 1.54) is 12.5 Å². The standard InChI is InChI=1S/C6H8N2O2S/c1-11(10)6-7-3-2-5(4-9)8-6/h2-3,9H,4H2,1H3. The predicted molar refractivity (Wildman–Crippen MR) is 40.3 cm³/mol. The molecule has 1 atom stereocenters. The molecule has 0 aliphatic rings. The average Bonchev–Trinajstić information content (AvgIpc) is 2.05. The van der Waals surface area contributed by atoms with Crippen molar-refractivity contribution < 1.29 is 9.66 Å². The van der Waals surface area contributed by atoms with Gasteiger partial charge in [0, 0.05) is 17.4 Å². The van der Waals surface area contributed by atoms with E-state index in [1.807, 2.05) is 0 Å². The molecule has 60 valence electrons. The van der Waals surface area contributed by atoms with Crippen LogP contribution in [0.4, 0.5) is 0 Å². The monoisotopic (exact) mass is 172 g/mol. The Balaban J connectivity index is 2.91. The first-order chi connectivity index (χ1) is 5.24. The molecule has 11 heavy (non-hydrogen) atoms. The molecule has 0 aliphatic carbocycles. The molecule has 0 fully saturated rings. The molecule has 1 aromatic heterocycles. The molecule has 0 bridgehead atoms. The van der Waals surface area contributed by atoms with Crippen LogP contribution in [0.25, 0.3) is 0 Å². The van der Waals surface area contributed by atoms with Crippen molar-refractivity contribution in [2.24, 2.45) is 0 Å². The van der Waals surface area contributed by atoms with E-state index in [2.05, 4.69) is 9.97 Å². The van der Waals surface area contributed by atoms with E-state index in [0.29, 0.717) is 5.69 Å². The molecule has 4 nitrogen and oxygen atoms in total. The molecular weight excluding hydrogens is 164 g/mol. The molecule has 0 radical (unpaired) electrons. The first-order valence-electron chi connectivity index (χ1n) is 3.00. The van der Waals surface area contributed by atoms with Crippen LogP contribution in [0, 0.1) is 0 Å². The molecule has 0 aromatic carbocycles. The van der Waals surface area contributed by atoms with E-state index < -0.39 is 11.2 Å². The van der Waals surface area contributed by atoms with Crippen molar-refractivity contribution in [3.63, 3.8) is 0 Å². The molecule has 1 heterocycles. The van der Waals surface area contributed by atoms with E-state index in [9.17, 15) is 4.55 Å². The van der Waals surface area contributed by atoms with Crippen molar-refractivity contribution in [1.29, 1.82) is 0 Å². The highest BCUT2D eigenvalue weighted by Gasteiger charge is 2.07. The third-order valence-corrected chi connectivity index (χ3v) is 1.82. The highest BCUT2D eigenvalue weighted by atomic mass is 32.2. The minimum absolute atomic E-state index is 0.146. The van der Waals surface area contributed by atoms with Gasteiger partial charge in [-0.05, 0) is 6.07 Å². The Hall–Kier alpha value is -0.650. The Bertz CT molecular complexity index is 242. The number of rotatable bonds is 2. The number of aliphatic hydroxyl groups excluding tert-OH is 1. The van der Waals surface area contributed by atoms with E-state index >= 15 is 0 Å². The van der Waals surface area contributed by atoms with Gasteiger partial charge >= 0.3 is 5.16 Å². The third kappa shape index (κ3) is 2.14. The zero-order chi connectivity index (χ0) is 8.27. The van der Waals surface area contributed by atoms with Gasteiger partial charge < -0.3 is 9.66 Å². The Morgan fingerprint density at radius 2 is 2.45 bits per heavy atom. The first-order valence-corrected chi connectivity index (χ1v) is 4.56. The lowest BCUT2D eigenvalue weighted by molar-refractivity contribution is 0.275. The molecule has 1 N–H and O–H groups in total. The van der Waals surface area contributed by atoms with Crippen LogP contribution in [0.1, 0.15) is 5.69 Å². The summed E-state index contributed by atoms with van der Waals surface area (Å²) >= 11 is -1.17. The molecule has 0 aliphatic heterocycles. The second-order valence-electron chi connectivity index (χ2n) is 1.94. The van der Waals surface area contributed by atoms with Crippen molar-refractivity contribution in [3.8, 4) is 0 Å². The normalized spacial score (nSPS) is 13.0. The fourth-order valence-corrected chi connectivity index (χ4v) is 1.06. The third-order valence-electron chi connectivity index (χ3n) is 1.11. The van der Waals surface area contributed by atoms with Crippen LogP contribution in [-0.4, -0.2) is 25.9 Å². The molecule has 1 rings (SSSR count). The molecule has 5 heteroatoms. The van der Waals surface area contributed by atoms with Crippen LogP contribution < -0.4 is 0 Å². The van der Waals surface area contributed by atoms with Gasteiger partial charge in [0.2, 0.25) is 0 Å². The smallest absolute Gasteiger partial charge is 0.342 e. The number of aliphatic hydroxyl groups is 1. The molecular formula is C6H8N2O2S. The van der Waals surface area contributed by atoms with E-state index in [0.717, 1.165) is 0 Å². The zero-order valence-electron chi connectivity index (χ0n) is 6.02. The highest BCUT2D eigenvalue weighted by molar-refractivity contribution is 7.90. The number of aromatic nitrogens is 2. The van der Waals surface area contributed by atoms with Crippen molar-refractivity contribution in [2.75, 3.05) is 6.26 Å². The lowest BCUT2D eigenvalue weighted by atomic mass is 10.4. The SMILES string of the molecule is C[S+]([O-])c1nccc(CO)n1.